The van der Waals surface area contributed by atoms with E-state index in [4.69, 9.17) is 4.98 Å². The number of pyridine rings is 1. The number of hydrogen-bond donors (Lipinski definition) is 3. The molecule has 11 heteroatoms. The second kappa shape index (κ2) is 9.41. The molecule has 1 amide bonds. The van der Waals surface area contributed by atoms with Crippen molar-refractivity contribution in [2.45, 2.75) is 71.6 Å². The minimum Gasteiger partial charge on any atom is -0.465 e. The van der Waals surface area contributed by atoms with E-state index >= 15 is 0 Å². The molecule has 3 N–H and O–H groups in total. The summed E-state index contributed by atoms with van der Waals surface area (Å²) < 4.78 is 3.41. The van der Waals surface area contributed by atoms with E-state index < -0.39 is 11.7 Å². The van der Waals surface area contributed by atoms with Crippen LogP contribution in [0.4, 0.5) is 16.4 Å². The molecule has 214 valence electrons. The van der Waals surface area contributed by atoms with Crippen molar-refractivity contribution in [1.82, 2.24) is 29.2 Å². The first-order chi connectivity index (χ1) is 19.3. The fourth-order valence-electron chi connectivity index (χ4n) is 5.77. The quantitative estimate of drug-likeness (QED) is 0.315. The molecule has 0 bridgehead atoms. The monoisotopic (exact) mass is 557 g/mol. The summed E-state index contributed by atoms with van der Waals surface area (Å²) in [6, 6.07) is 11.1. The van der Waals surface area contributed by atoms with Gasteiger partial charge in [-0.2, -0.15) is 4.98 Å². The highest BCUT2D eigenvalue weighted by Gasteiger charge is 2.39. The van der Waals surface area contributed by atoms with E-state index in [2.05, 4.69) is 15.3 Å². The van der Waals surface area contributed by atoms with Gasteiger partial charge in [-0.3, -0.25) is 4.79 Å². The maximum atomic E-state index is 13.4. The van der Waals surface area contributed by atoms with Gasteiger partial charge in [0.1, 0.15) is 11.0 Å². The predicted octanol–water partition coefficient (Wildman–Crippen LogP) is 4.91. The summed E-state index contributed by atoms with van der Waals surface area (Å²) in [6.07, 6.45) is 3.02. The Hall–Kier alpha value is -4.25. The minimum atomic E-state index is -1.15. The number of rotatable bonds is 5. The number of amides is 1. The van der Waals surface area contributed by atoms with Gasteiger partial charge in [0.2, 0.25) is 5.95 Å². The van der Waals surface area contributed by atoms with Gasteiger partial charge in [-0.1, -0.05) is 32.9 Å². The largest absolute Gasteiger partial charge is 0.465 e. The SMILES string of the molecule is CC(C)(O)c1cccc(-n2c3nc(Nc4ccc5c(c4)C(C(C)(C)C)N(C(=O)O)CC5)ncc3c(=O)n2C2CC2)n1. The first kappa shape index (κ1) is 26.9. The van der Waals surface area contributed by atoms with E-state index in [0.29, 0.717) is 41.5 Å². The molecule has 0 saturated heterocycles. The summed E-state index contributed by atoms with van der Waals surface area (Å²) in [5.41, 5.74) is 2.06. The Kier molecular flexibility index (Phi) is 6.18. The Morgan fingerprint density at radius 3 is 2.49 bits per heavy atom. The summed E-state index contributed by atoms with van der Waals surface area (Å²) in [5, 5.41) is 24.1. The molecule has 41 heavy (non-hydrogen) atoms. The van der Waals surface area contributed by atoms with E-state index in [1.54, 1.807) is 35.3 Å². The number of anilines is 2. The van der Waals surface area contributed by atoms with Gasteiger partial charge in [0, 0.05) is 18.4 Å². The molecule has 0 spiro atoms. The summed E-state index contributed by atoms with van der Waals surface area (Å²) >= 11 is 0. The second-order valence-electron chi connectivity index (χ2n) is 12.6. The number of carboxylic acid groups (broad SMARTS) is 1. The highest BCUT2D eigenvalue weighted by atomic mass is 16.4. The van der Waals surface area contributed by atoms with Crippen molar-refractivity contribution in [2.24, 2.45) is 5.41 Å². The molecule has 1 aromatic carbocycles. The number of hydrogen-bond acceptors (Lipinski definition) is 7. The molecule has 4 aromatic rings. The van der Waals surface area contributed by atoms with Crippen molar-refractivity contribution < 1.29 is 15.0 Å². The Bertz CT molecular complexity index is 1720. The molecule has 6 rings (SSSR count). The van der Waals surface area contributed by atoms with Crippen LogP contribution in [-0.4, -0.2) is 52.1 Å². The maximum absolute atomic E-state index is 13.4. The number of aromatic nitrogens is 5. The zero-order valence-corrected chi connectivity index (χ0v) is 23.9. The molecule has 4 heterocycles. The molecular weight excluding hydrogens is 522 g/mol. The van der Waals surface area contributed by atoms with E-state index in [9.17, 15) is 19.8 Å². The fourth-order valence-corrected chi connectivity index (χ4v) is 5.77. The molecule has 11 nitrogen and oxygen atoms in total. The zero-order valence-electron chi connectivity index (χ0n) is 23.9. The number of carbonyl (C=O) groups is 1. The summed E-state index contributed by atoms with van der Waals surface area (Å²) in [7, 11) is 0. The Morgan fingerprint density at radius 2 is 1.83 bits per heavy atom. The molecule has 1 fully saturated rings. The summed E-state index contributed by atoms with van der Waals surface area (Å²) in [4.78, 5) is 40.9. The average Bonchev–Trinajstić information content (AvgIpc) is 3.70. The number of aliphatic hydroxyl groups is 1. The van der Waals surface area contributed by atoms with Crippen LogP contribution < -0.4 is 10.9 Å². The highest BCUT2D eigenvalue weighted by Crippen LogP contribution is 2.43. The van der Waals surface area contributed by atoms with E-state index in [-0.39, 0.29) is 23.1 Å². The first-order valence-electron chi connectivity index (χ1n) is 13.9. The molecule has 3 aromatic heterocycles. The van der Waals surface area contributed by atoms with Gasteiger partial charge in [-0.15, -0.1) is 0 Å². The van der Waals surface area contributed by atoms with Crippen molar-refractivity contribution in [3.8, 4) is 5.82 Å². The highest BCUT2D eigenvalue weighted by molar-refractivity contribution is 5.77. The fraction of sp³-hybridized carbons (Fsp3) is 0.433. The molecule has 1 unspecified atom stereocenters. The van der Waals surface area contributed by atoms with Crippen molar-refractivity contribution in [1.29, 1.82) is 0 Å². The van der Waals surface area contributed by atoms with Gasteiger partial charge in [0.15, 0.2) is 11.5 Å². The van der Waals surface area contributed by atoms with Crippen molar-refractivity contribution in [2.75, 3.05) is 11.9 Å². The third kappa shape index (κ3) is 4.84. The number of nitrogens with zero attached hydrogens (tertiary/aromatic N) is 6. The topological polar surface area (TPSA) is 138 Å². The third-order valence-corrected chi connectivity index (χ3v) is 7.79. The normalized spacial score (nSPS) is 17.5. The smallest absolute Gasteiger partial charge is 0.407 e. The van der Waals surface area contributed by atoms with Gasteiger partial charge in [-0.25, -0.2) is 24.1 Å². The second-order valence-corrected chi connectivity index (χ2v) is 12.6. The molecule has 0 radical (unpaired) electrons. The Morgan fingerprint density at radius 1 is 1.07 bits per heavy atom. The third-order valence-electron chi connectivity index (χ3n) is 7.79. The molecule has 1 atom stereocenters. The minimum absolute atomic E-state index is 0.0489. The zero-order chi connectivity index (χ0) is 29.3. The van der Waals surface area contributed by atoms with Crippen LogP contribution in [0.5, 0.6) is 0 Å². The lowest BCUT2D eigenvalue weighted by Gasteiger charge is -2.43. The number of benzene rings is 1. The standard InChI is InChI=1S/C30H35N7O4/c1-29(2,3)24-20-15-18(10-9-17(20)13-14-35(24)28(39)40)32-27-31-16-21-25(34-27)37(36(26(21)38)19-11-12-19)23-8-6-7-22(33-23)30(4,5)41/h6-10,15-16,19,24,41H,11-14H2,1-5H3,(H,39,40)(H,31,32,34). The van der Waals surface area contributed by atoms with Crippen LogP contribution in [0.1, 0.15) is 76.4 Å². The van der Waals surface area contributed by atoms with Gasteiger partial charge >= 0.3 is 6.09 Å². The molecule has 1 aliphatic heterocycles. The van der Waals surface area contributed by atoms with Crippen LogP contribution in [0.25, 0.3) is 16.9 Å². The van der Waals surface area contributed by atoms with E-state index in [1.807, 2.05) is 45.0 Å². The van der Waals surface area contributed by atoms with Crippen molar-refractivity contribution >= 4 is 28.8 Å². The molecule has 1 aliphatic carbocycles. The molecule has 2 aliphatic rings. The molecule has 1 saturated carbocycles. The maximum Gasteiger partial charge on any atom is 0.407 e. The lowest BCUT2D eigenvalue weighted by molar-refractivity contribution is 0.0737. The first-order valence-corrected chi connectivity index (χ1v) is 13.9. The van der Waals surface area contributed by atoms with Gasteiger partial charge in [0.05, 0.1) is 17.8 Å². The van der Waals surface area contributed by atoms with Crippen LogP contribution in [0.2, 0.25) is 0 Å². The molecular formula is C30H35N7O4. The van der Waals surface area contributed by atoms with Crippen molar-refractivity contribution in [3.63, 3.8) is 0 Å². The van der Waals surface area contributed by atoms with E-state index in [1.165, 1.54) is 11.1 Å². The Labute approximate surface area is 237 Å². The predicted molar refractivity (Wildman–Crippen MR) is 155 cm³/mol. The van der Waals surface area contributed by atoms with Crippen LogP contribution >= 0.6 is 0 Å². The van der Waals surface area contributed by atoms with Gasteiger partial charge in [-0.05, 0) is 73.9 Å². The summed E-state index contributed by atoms with van der Waals surface area (Å²) in [5.74, 6) is 0.792. The van der Waals surface area contributed by atoms with Crippen LogP contribution in [0, 0.1) is 5.41 Å². The number of nitrogens with one attached hydrogen (secondary N) is 1. The van der Waals surface area contributed by atoms with E-state index in [0.717, 1.165) is 29.7 Å². The van der Waals surface area contributed by atoms with Crippen LogP contribution in [0.15, 0.2) is 47.4 Å². The van der Waals surface area contributed by atoms with Gasteiger partial charge < -0.3 is 20.4 Å². The summed E-state index contributed by atoms with van der Waals surface area (Å²) in [6.45, 7) is 9.93. The van der Waals surface area contributed by atoms with Crippen molar-refractivity contribution in [3.05, 3.63) is 69.8 Å². The lowest BCUT2D eigenvalue weighted by Crippen LogP contribution is -2.44. The lowest BCUT2D eigenvalue weighted by atomic mass is 9.77. The van der Waals surface area contributed by atoms with Gasteiger partial charge in [0.25, 0.3) is 5.56 Å². The average molecular weight is 558 g/mol. The Balaban J connectivity index is 1.43. The van der Waals surface area contributed by atoms with Crippen LogP contribution in [-0.2, 0) is 12.0 Å². The van der Waals surface area contributed by atoms with Crippen LogP contribution in [0.3, 0.4) is 0 Å². The number of fused-ring (bicyclic) bond motifs is 2.